The largest absolute Gasteiger partial charge is 0.497 e. The van der Waals surface area contributed by atoms with Crippen molar-refractivity contribution >= 4 is 5.69 Å². The fourth-order valence-corrected chi connectivity index (χ4v) is 2.06. The first-order chi connectivity index (χ1) is 10.7. The lowest BCUT2D eigenvalue weighted by molar-refractivity contribution is -0.384. The van der Waals surface area contributed by atoms with Gasteiger partial charge in [0.2, 0.25) is 0 Å². The molecule has 6 heteroatoms. The van der Waals surface area contributed by atoms with Crippen LogP contribution in [0.25, 0.3) is 22.6 Å². The van der Waals surface area contributed by atoms with Gasteiger partial charge in [-0.25, -0.2) is 0 Å². The molecule has 0 saturated carbocycles. The number of hydrogen-bond acceptors (Lipinski definition) is 5. The van der Waals surface area contributed by atoms with Crippen LogP contribution in [0.3, 0.4) is 0 Å². The van der Waals surface area contributed by atoms with Gasteiger partial charge in [-0.3, -0.25) is 10.1 Å². The minimum Gasteiger partial charge on any atom is -0.497 e. The quantitative estimate of drug-likeness (QED) is 0.538. The van der Waals surface area contributed by atoms with Crippen molar-refractivity contribution in [2.75, 3.05) is 7.11 Å². The Hall–Kier alpha value is -3.15. The van der Waals surface area contributed by atoms with Crippen LogP contribution in [0.1, 0.15) is 0 Å². The lowest BCUT2D eigenvalue weighted by atomic mass is 10.1. The third kappa shape index (κ3) is 2.67. The summed E-state index contributed by atoms with van der Waals surface area (Å²) in [6, 6.07) is 15.4. The molecule has 0 atom stereocenters. The lowest BCUT2D eigenvalue weighted by Gasteiger charge is -1.99. The molecule has 0 amide bonds. The Kier molecular flexibility index (Phi) is 3.57. The summed E-state index contributed by atoms with van der Waals surface area (Å²) in [4.78, 5) is 10.2. The van der Waals surface area contributed by atoms with E-state index in [1.165, 1.54) is 12.1 Å². The average molecular weight is 296 g/mol. The van der Waals surface area contributed by atoms with Crippen LogP contribution >= 0.6 is 0 Å². The molecule has 0 radical (unpaired) electrons. The highest BCUT2D eigenvalue weighted by atomic mass is 16.6. The second-order valence-electron chi connectivity index (χ2n) is 4.61. The van der Waals surface area contributed by atoms with Gasteiger partial charge < -0.3 is 9.26 Å². The standard InChI is InChI=1S/C16H12N2O4/c1-21-14-8-4-11(5-9-14)15-10-16(22-17-15)12-2-6-13(7-3-12)18(19)20/h2-10H,1H3. The number of methoxy groups -OCH3 is 1. The van der Waals surface area contributed by atoms with Gasteiger partial charge >= 0.3 is 0 Å². The van der Waals surface area contributed by atoms with Gasteiger partial charge in [-0.15, -0.1) is 0 Å². The predicted octanol–water partition coefficient (Wildman–Crippen LogP) is 3.93. The highest BCUT2D eigenvalue weighted by Gasteiger charge is 2.11. The lowest BCUT2D eigenvalue weighted by Crippen LogP contribution is -1.86. The molecule has 22 heavy (non-hydrogen) atoms. The van der Waals surface area contributed by atoms with E-state index in [0.717, 1.165) is 16.9 Å². The number of non-ortho nitro benzene ring substituents is 1. The number of aromatic nitrogens is 1. The molecule has 3 rings (SSSR count). The molecule has 3 aromatic rings. The first kappa shape index (κ1) is 13.8. The zero-order valence-corrected chi connectivity index (χ0v) is 11.7. The van der Waals surface area contributed by atoms with Crippen LogP contribution in [0.2, 0.25) is 0 Å². The van der Waals surface area contributed by atoms with Gasteiger partial charge in [-0.1, -0.05) is 5.16 Å². The van der Waals surface area contributed by atoms with Crippen molar-refractivity contribution in [1.82, 2.24) is 5.16 Å². The molecule has 0 aliphatic heterocycles. The molecular weight excluding hydrogens is 284 g/mol. The van der Waals surface area contributed by atoms with E-state index in [-0.39, 0.29) is 5.69 Å². The minimum absolute atomic E-state index is 0.0404. The van der Waals surface area contributed by atoms with Crippen LogP contribution in [0.15, 0.2) is 59.1 Å². The topological polar surface area (TPSA) is 78.4 Å². The predicted molar refractivity (Wildman–Crippen MR) is 80.6 cm³/mol. The van der Waals surface area contributed by atoms with E-state index in [0.29, 0.717) is 11.5 Å². The van der Waals surface area contributed by atoms with E-state index in [2.05, 4.69) is 5.16 Å². The number of benzene rings is 2. The molecule has 0 fully saturated rings. The van der Waals surface area contributed by atoms with E-state index >= 15 is 0 Å². The van der Waals surface area contributed by atoms with Crippen LogP contribution in [0, 0.1) is 10.1 Å². The van der Waals surface area contributed by atoms with E-state index in [1.54, 1.807) is 25.3 Å². The molecule has 6 nitrogen and oxygen atoms in total. The number of hydrogen-bond donors (Lipinski definition) is 0. The van der Waals surface area contributed by atoms with Gasteiger partial charge in [0, 0.05) is 29.3 Å². The summed E-state index contributed by atoms with van der Waals surface area (Å²) >= 11 is 0. The van der Waals surface area contributed by atoms with Gasteiger partial charge in [-0.2, -0.15) is 0 Å². The highest BCUT2D eigenvalue weighted by Crippen LogP contribution is 2.28. The first-order valence-electron chi connectivity index (χ1n) is 6.53. The molecule has 0 N–H and O–H groups in total. The average Bonchev–Trinajstić information content (AvgIpc) is 3.05. The van der Waals surface area contributed by atoms with Crippen LogP contribution in [0.5, 0.6) is 5.75 Å². The Balaban J connectivity index is 1.87. The summed E-state index contributed by atoms with van der Waals surface area (Å²) in [6.45, 7) is 0. The molecule has 0 saturated heterocycles. The summed E-state index contributed by atoms with van der Waals surface area (Å²) in [7, 11) is 1.61. The van der Waals surface area contributed by atoms with Crippen molar-refractivity contribution in [2.45, 2.75) is 0 Å². The summed E-state index contributed by atoms with van der Waals surface area (Å²) in [5, 5.41) is 14.7. The molecule has 0 spiro atoms. The van der Waals surface area contributed by atoms with Crippen LogP contribution in [-0.4, -0.2) is 17.2 Å². The maximum Gasteiger partial charge on any atom is 0.269 e. The van der Waals surface area contributed by atoms with Gasteiger partial charge in [0.1, 0.15) is 11.4 Å². The smallest absolute Gasteiger partial charge is 0.269 e. The van der Waals surface area contributed by atoms with Gasteiger partial charge in [0.05, 0.1) is 12.0 Å². The SMILES string of the molecule is COc1ccc(-c2cc(-c3ccc([N+](=O)[O-])cc3)on2)cc1. The molecule has 0 aliphatic rings. The second-order valence-corrected chi connectivity index (χ2v) is 4.61. The van der Waals surface area contributed by atoms with E-state index < -0.39 is 4.92 Å². The van der Waals surface area contributed by atoms with Crippen molar-refractivity contribution in [2.24, 2.45) is 0 Å². The zero-order valence-electron chi connectivity index (χ0n) is 11.7. The van der Waals surface area contributed by atoms with Crippen LogP contribution < -0.4 is 4.74 Å². The minimum atomic E-state index is -0.438. The molecule has 0 bridgehead atoms. The fraction of sp³-hybridized carbons (Fsp3) is 0.0625. The van der Waals surface area contributed by atoms with Crippen LogP contribution in [0.4, 0.5) is 5.69 Å². The van der Waals surface area contributed by atoms with Gasteiger partial charge in [0.15, 0.2) is 5.76 Å². The molecule has 1 heterocycles. The van der Waals surface area contributed by atoms with Crippen molar-refractivity contribution in [1.29, 1.82) is 0 Å². The fourth-order valence-electron chi connectivity index (χ4n) is 2.06. The monoisotopic (exact) mass is 296 g/mol. The van der Waals surface area contributed by atoms with Crippen molar-refractivity contribution in [3.63, 3.8) is 0 Å². The second kappa shape index (κ2) is 5.69. The number of ether oxygens (including phenoxy) is 1. The molecular formula is C16H12N2O4. The molecule has 1 aromatic heterocycles. The third-order valence-corrected chi connectivity index (χ3v) is 3.26. The van der Waals surface area contributed by atoms with E-state index in [4.69, 9.17) is 9.26 Å². The summed E-state index contributed by atoms with van der Waals surface area (Å²) in [6.07, 6.45) is 0. The van der Waals surface area contributed by atoms with Crippen molar-refractivity contribution < 1.29 is 14.2 Å². The maximum atomic E-state index is 10.6. The Labute approximate surface area is 126 Å². The normalized spacial score (nSPS) is 10.4. The summed E-state index contributed by atoms with van der Waals surface area (Å²) in [5.74, 6) is 1.32. The van der Waals surface area contributed by atoms with Gasteiger partial charge in [0.25, 0.3) is 5.69 Å². The van der Waals surface area contributed by atoms with Crippen molar-refractivity contribution in [3.05, 3.63) is 64.7 Å². The Morgan fingerprint density at radius 2 is 1.68 bits per heavy atom. The Bertz CT molecular complexity index is 792. The Morgan fingerprint density at radius 3 is 2.27 bits per heavy atom. The molecule has 0 unspecified atom stereocenters. The summed E-state index contributed by atoms with van der Waals surface area (Å²) in [5.41, 5.74) is 2.37. The molecule has 2 aromatic carbocycles. The Morgan fingerprint density at radius 1 is 1.05 bits per heavy atom. The summed E-state index contributed by atoms with van der Waals surface area (Å²) < 4.78 is 10.4. The third-order valence-electron chi connectivity index (χ3n) is 3.26. The molecule has 0 aliphatic carbocycles. The number of nitro groups is 1. The first-order valence-corrected chi connectivity index (χ1v) is 6.53. The van der Waals surface area contributed by atoms with Crippen molar-refractivity contribution in [3.8, 4) is 28.3 Å². The van der Waals surface area contributed by atoms with E-state index in [9.17, 15) is 10.1 Å². The highest BCUT2D eigenvalue weighted by molar-refractivity contribution is 5.67. The molecule has 110 valence electrons. The number of nitrogens with zero attached hydrogens (tertiary/aromatic N) is 2. The number of rotatable bonds is 4. The van der Waals surface area contributed by atoms with Gasteiger partial charge in [-0.05, 0) is 36.4 Å². The zero-order chi connectivity index (χ0) is 15.5. The maximum absolute atomic E-state index is 10.6. The van der Waals surface area contributed by atoms with Crippen LogP contribution in [-0.2, 0) is 0 Å². The van der Waals surface area contributed by atoms with E-state index in [1.807, 2.05) is 24.3 Å². The number of nitro benzene ring substituents is 1.